The van der Waals surface area contributed by atoms with Gasteiger partial charge in [0, 0.05) is 30.9 Å². The average molecular weight is 238 g/mol. The molecule has 1 aromatic rings. The molecule has 6 heteroatoms. The molecule has 0 aliphatic carbocycles. The van der Waals surface area contributed by atoms with Crippen LogP contribution in [-0.4, -0.2) is 28.2 Å². The van der Waals surface area contributed by atoms with Crippen LogP contribution in [0.5, 0.6) is 0 Å². The number of aromatic nitrogens is 2. The molecule has 0 fully saturated rings. The number of hydrogen-bond donors (Lipinski definition) is 2. The second kappa shape index (κ2) is 6.03. The van der Waals surface area contributed by atoms with Crippen molar-refractivity contribution in [3.8, 4) is 0 Å². The van der Waals surface area contributed by atoms with E-state index in [1.165, 1.54) is 17.0 Å². The Balaban J connectivity index is 2.41. The lowest BCUT2D eigenvalue weighted by Crippen LogP contribution is -2.41. The molecular weight excluding hydrogens is 220 g/mol. The lowest BCUT2D eigenvalue weighted by molar-refractivity contribution is 0.238. The maximum absolute atomic E-state index is 11.5. The zero-order valence-corrected chi connectivity index (χ0v) is 10.4. The smallest absolute Gasteiger partial charge is 0.315 e. The molecule has 0 radical (unpaired) electrons. The van der Waals surface area contributed by atoms with Crippen LogP contribution in [0.2, 0.25) is 0 Å². The first kappa shape index (κ1) is 13.2. The van der Waals surface area contributed by atoms with Crippen LogP contribution in [0.3, 0.4) is 0 Å². The van der Waals surface area contributed by atoms with Gasteiger partial charge in [-0.25, -0.2) is 9.78 Å². The van der Waals surface area contributed by atoms with E-state index in [-0.39, 0.29) is 17.6 Å². The van der Waals surface area contributed by atoms with Crippen molar-refractivity contribution in [3.05, 3.63) is 28.4 Å². The van der Waals surface area contributed by atoms with Crippen LogP contribution in [0.15, 0.2) is 17.2 Å². The van der Waals surface area contributed by atoms with Crippen molar-refractivity contribution in [2.24, 2.45) is 0 Å². The Morgan fingerprint density at radius 3 is 2.82 bits per heavy atom. The molecule has 17 heavy (non-hydrogen) atoms. The lowest BCUT2D eigenvalue weighted by Gasteiger charge is -2.10. The molecular formula is C11H18N4O2. The number of carbonyl (C=O) groups excluding carboxylic acids is 1. The normalized spacial score (nSPS) is 10.4. The quantitative estimate of drug-likeness (QED) is 0.790. The highest BCUT2D eigenvalue weighted by molar-refractivity contribution is 5.73. The van der Waals surface area contributed by atoms with E-state index >= 15 is 0 Å². The fourth-order valence-electron chi connectivity index (χ4n) is 1.29. The molecule has 0 atom stereocenters. The Morgan fingerprint density at radius 2 is 2.24 bits per heavy atom. The SMILES string of the molecule is Cc1cc(=O)n(CCNC(=O)NC(C)C)cn1. The molecule has 0 aromatic carbocycles. The monoisotopic (exact) mass is 238 g/mol. The molecule has 1 aromatic heterocycles. The molecule has 1 rings (SSSR count). The summed E-state index contributed by atoms with van der Waals surface area (Å²) >= 11 is 0. The van der Waals surface area contributed by atoms with E-state index in [1.807, 2.05) is 13.8 Å². The van der Waals surface area contributed by atoms with E-state index < -0.39 is 0 Å². The van der Waals surface area contributed by atoms with Gasteiger partial charge in [0.15, 0.2) is 0 Å². The number of rotatable bonds is 4. The standard InChI is InChI=1S/C11H18N4O2/c1-8(2)14-11(17)12-4-5-15-7-13-9(3)6-10(15)16/h6-8H,4-5H2,1-3H3,(H2,12,14,17). The Morgan fingerprint density at radius 1 is 1.53 bits per heavy atom. The van der Waals surface area contributed by atoms with Crippen molar-refractivity contribution >= 4 is 6.03 Å². The number of amides is 2. The van der Waals surface area contributed by atoms with Crippen LogP contribution in [0, 0.1) is 6.92 Å². The number of carbonyl (C=O) groups is 1. The van der Waals surface area contributed by atoms with Gasteiger partial charge >= 0.3 is 6.03 Å². The molecule has 94 valence electrons. The number of nitrogens with zero attached hydrogens (tertiary/aromatic N) is 2. The fraction of sp³-hybridized carbons (Fsp3) is 0.545. The minimum absolute atomic E-state index is 0.0961. The first-order valence-electron chi connectivity index (χ1n) is 5.56. The van der Waals surface area contributed by atoms with Crippen molar-refractivity contribution in [1.82, 2.24) is 20.2 Å². The Bertz CT molecular complexity index is 439. The van der Waals surface area contributed by atoms with Crippen LogP contribution >= 0.6 is 0 Å². The van der Waals surface area contributed by atoms with Gasteiger partial charge in [-0.15, -0.1) is 0 Å². The first-order valence-corrected chi connectivity index (χ1v) is 5.56. The van der Waals surface area contributed by atoms with Crippen LogP contribution < -0.4 is 16.2 Å². The molecule has 6 nitrogen and oxygen atoms in total. The number of nitrogens with one attached hydrogen (secondary N) is 2. The maximum atomic E-state index is 11.5. The minimum Gasteiger partial charge on any atom is -0.336 e. The van der Waals surface area contributed by atoms with Crippen LogP contribution in [-0.2, 0) is 6.54 Å². The third-order valence-corrected chi connectivity index (χ3v) is 2.07. The van der Waals surface area contributed by atoms with Gasteiger partial charge in [0.05, 0.1) is 6.33 Å². The second-order valence-electron chi connectivity index (χ2n) is 4.12. The molecule has 2 N–H and O–H groups in total. The van der Waals surface area contributed by atoms with Crippen LogP contribution in [0.25, 0.3) is 0 Å². The highest BCUT2D eigenvalue weighted by atomic mass is 16.2. The molecule has 2 amide bonds. The third kappa shape index (κ3) is 4.67. The number of hydrogen-bond acceptors (Lipinski definition) is 3. The average Bonchev–Trinajstić information content (AvgIpc) is 2.20. The van der Waals surface area contributed by atoms with E-state index in [9.17, 15) is 9.59 Å². The van der Waals surface area contributed by atoms with Gasteiger partial charge in [0.25, 0.3) is 5.56 Å². The first-order chi connectivity index (χ1) is 7.99. The summed E-state index contributed by atoms with van der Waals surface area (Å²) in [6.45, 7) is 6.34. The molecule has 0 saturated heterocycles. The molecule has 0 aliphatic rings. The van der Waals surface area contributed by atoms with Crippen molar-refractivity contribution in [2.75, 3.05) is 6.54 Å². The van der Waals surface area contributed by atoms with E-state index in [1.54, 1.807) is 6.92 Å². The predicted molar refractivity (Wildman–Crippen MR) is 64.9 cm³/mol. The lowest BCUT2D eigenvalue weighted by atomic mass is 10.4. The Labute approximate surface area is 100 Å². The second-order valence-corrected chi connectivity index (χ2v) is 4.12. The number of urea groups is 1. The van der Waals surface area contributed by atoms with Gasteiger partial charge in [-0.1, -0.05) is 0 Å². The van der Waals surface area contributed by atoms with Crippen LogP contribution in [0.4, 0.5) is 4.79 Å². The zero-order valence-electron chi connectivity index (χ0n) is 10.4. The Hall–Kier alpha value is -1.85. The molecule has 0 spiro atoms. The Kier molecular flexibility index (Phi) is 4.68. The van der Waals surface area contributed by atoms with Crippen molar-refractivity contribution < 1.29 is 4.79 Å². The molecule has 0 saturated carbocycles. The van der Waals surface area contributed by atoms with Gasteiger partial charge in [-0.05, 0) is 20.8 Å². The molecule has 0 aliphatic heterocycles. The third-order valence-electron chi connectivity index (χ3n) is 2.07. The van der Waals surface area contributed by atoms with Gasteiger partial charge in [0.2, 0.25) is 0 Å². The van der Waals surface area contributed by atoms with Gasteiger partial charge in [0.1, 0.15) is 0 Å². The predicted octanol–water partition coefficient (Wildman–Crippen LogP) is 0.259. The summed E-state index contributed by atoms with van der Waals surface area (Å²) < 4.78 is 1.46. The highest BCUT2D eigenvalue weighted by Crippen LogP contribution is 1.84. The van der Waals surface area contributed by atoms with Crippen molar-refractivity contribution in [3.63, 3.8) is 0 Å². The largest absolute Gasteiger partial charge is 0.336 e. The van der Waals surface area contributed by atoms with E-state index in [4.69, 9.17) is 0 Å². The van der Waals surface area contributed by atoms with E-state index in [0.29, 0.717) is 18.8 Å². The summed E-state index contributed by atoms with van der Waals surface area (Å²) in [4.78, 5) is 26.8. The summed E-state index contributed by atoms with van der Waals surface area (Å²) in [5.41, 5.74) is 0.584. The summed E-state index contributed by atoms with van der Waals surface area (Å²) in [5, 5.41) is 5.37. The van der Waals surface area contributed by atoms with Gasteiger partial charge in [-0.2, -0.15) is 0 Å². The minimum atomic E-state index is -0.229. The summed E-state index contributed by atoms with van der Waals surface area (Å²) in [6, 6.07) is 1.33. The molecule has 0 bridgehead atoms. The van der Waals surface area contributed by atoms with E-state index in [0.717, 1.165) is 0 Å². The highest BCUT2D eigenvalue weighted by Gasteiger charge is 2.02. The maximum Gasteiger partial charge on any atom is 0.315 e. The fourth-order valence-corrected chi connectivity index (χ4v) is 1.29. The summed E-state index contributed by atoms with van der Waals surface area (Å²) in [5.74, 6) is 0. The summed E-state index contributed by atoms with van der Waals surface area (Å²) in [7, 11) is 0. The summed E-state index contributed by atoms with van der Waals surface area (Å²) in [6.07, 6.45) is 1.49. The molecule has 0 unspecified atom stereocenters. The van der Waals surface area contributed by atoms with Gasteiger partial charge < -0.3 is 10.6 Å². The van der Waals surface area contributed by atoms with Crippen molar-refractivity contribution in [2.45, 2.75) is 33.4 Å². The van der Waals surface area contributed by atoms with Crippen LogP contribution in [0.1, 0.15) is 19.5 Å². The van der Waals surface area contributed by atoms with Crippen molar-refractivity contribution in [1.29, 1.82) is 0 Å². The van der Waals surface area contributed by atoms with Gasteiger partial charge in [-0.3, -0.25) is 9.36 Å². The zero-order chi connectivity index (χ0) is 12.8. The van der Waals surface area contributed by atoms with E-state index in [2.05, 4.69) is 15.6 Å². The number of aryl methyl sites for hydroxylation is 1. The molecule has 1 heterocycles. The topological polar surface area (TPSA) is 76.0 Å².